The molecule has 2 N–H and O–H groups in total. The lowest BCUT2D eigenvalue weighted by Crippen LogP contribution is -2.53. The van der Waals surface area contributed by atoms with Gasteiger partial charge < -0.3 is 15.5 Å². The predicted octanol–water partition coefficient (Wildman–Crippen LogP) is 3.26. The topological polar surface area (TPSA) is 78.5 Å². The fourth-order valence-corrected chi connectivity index (χ4v) is 7.04. The van der Waals surface area contributed by atoms with Crippen LogP contribution in [0, 0.1) is 23.2 Å². The number of carbonyl (C=O) groups is 3. The Hall–Kier alpha value is -2.37. The number of nitrogens with one attached hydrogen (secondary N) is 2. The number of rotatable bonds is 7. The third-order valence-corrected chi connectivity index (χ3v) is 8.27. The summed E-state index contributed by atoms with van der Waals surface area (Å²) in [4.78, 5) is 39.4. The van der Waals surface area contributed by atoms with Gasteiger partial charge in [0.05, 0.1) is 0 Å². The Morgan fingerprint density at radius 1 is 0.875 bits per heavy atom. The molecule has 1 aliphatic heterocycles. The molecular formula is C26H35N3O3. The molecule has 5 aliphatic rings. The van der Waals surface area contributed by atoms with Crippen molar-refractivity contribution in [2.24, 2.45) is 23.2 Å². The maximum Gasteiger partial charge on any atom is 0.251 e. The normalized spacial score (nSPS) is 30.4. The summed E-state index contributed by atoms with van der Waals surface area (Å²) >= 11 is 0. The fourth-order valence-electron chi connectivity index (χ4n) is 7.04. The summed E-state index contributed by atoms with van der Waals surface area (Å²) in [7, 11) is 0. The zero-order valence-electron chi connectivity index (χ0n) is 18.9. The minimum Gasteiger partial charge on any atom is -0.352 e. The quantitative estimate of drug-likeness (QED) is 0.687. The minimum absolute atomic E-state index is 0.118. The molecular weight excluding hydrogens is 402 g/mol. The van der Waals surface area contributed by atoms with Gasteiger partial charge in [-0.05, 0) is 86.8 Å². The molecule has 1 saturated heterocycles. The van der Waals surface area contributed by atoms with Crippen molar-refractivity contribution in [3.05, 3.63) is 35.4 Å². The van der Waals surface area contributed by atoms with Gasteiger partial charge in [-0.1, -0.05) is 12.1 Å². The van der Waals surface area contributed by atoms with E-state index in [0.29, 0.717) is 25.1 Å². The Morgan fingerprint density at radius 3 is 2.06 bits per heavy atom. The summed E-state index contributed by atoms with van der Waals surface area (Å²) in [5.41, 5.74) is 1.46. The zero-order valence-corrected chi connectivity index (χ0v) is 18.9. The molecule has 0 atom stereocenters. The van der Waals surface area contributed by atoms with E-state index in [2.05, 4.69) is 10.6 Å². The van der Waals surface area contributed by atoms with E-state index in [9.17, 15) is 14.4 Å². The van der Waals surface area contributed by atoms with Crippen LogP contribution in [0.4, 0.5) is 0 Å². The highest BCUT2D eigenvalue weighted by Crippen LogP contribution is 2.60. The van der Waals surface area contributed by atoms with Gasteiger partial charge in [-0.2, -0.15) is 0 Å². The highest BCUT2D eigenvalue weighted by atomic mass is 16.2. The molecule has 5 fully saturated rings. The summed E-state index contributed by atoms with van der Waals surface area (Å²) in [6.45, 7) is 2.55. The van der Waals surface area contributed by atoms with E-state index in [-0.39, 0.29) is 23.1 Å². The summed E-state index contributed by atoms with van der Waals surface area (Å²) in [6.07, 6.45) is 9.73. The molecule has 1 aromatic carbocycles. The van der Waals surface area contributed by atoms with Gasteiger partial charge in [-0.15, -0.1) is 0 Å². The third-order valence-electron chi connectivity index (χ3n) is 8.27. The summed E-state index contributed by atoms with van der Waals surface area (Å²) in [5, 5.41) is 6.04. The van der Waals surface area contributed by atoms with Crippen LogP contribution in [0.5, 0.6) is 0 Å². The number of carbonyl (C=O) groups excluding carboxylic acids is 3. The Bertz CT molecular complexity index is 838. The molecule has 0 aromatic heterocycles. The second-order valence-electron chi connectivity index (χ2n) is 10.7. The van der Waals surface area contributed by atoms with Crippen LogP contribution in [0.25, 0.3) is 0 Å². The lowest BCUT2D eigenvalue weighted by molar-refractivity contribution is -0.146. The van der Waals surface area contributed by atoms with E-state index in [1.165, 1.54) is 19.3 Å². The number of hydrogen-bond acceptors (Lipinski definition) is 3. The van der Waals surface area contributed by atoms with E-state index in [0.717, 1.165) is 68.5 Å². The number of likely N-dealkylation sites (tertiary alicyclic amines) is 1. The van der Waals surface area contributed by atoms with Crippen LogP contribution >= 0.6 is 0 Å². The molecule has 4 bridgehead atoms. The van der Waals surface area contributed by atoms with Crippen molar-refractivity contribution in [3.63, 3.8) is 0 Å². The Kier molecular flexibility index (Phi) is 5.95. The molecule has 172 valence electrons. The first-order valence-electron chi connectivity index (χ1n) is 12.4. The highest BCUT2D eigenvalue weighted by molar-refractivity contribution is 5.94. The van der Waals surface area contributed by atoms with Crippen LogP contribution in [0.15, 0.2) is 24.3 Å². The molecule has 0 radical (unpaired) electrons. The first-order chi connectivity index (χ1) is 15.5. The van der Waals surface area contributed by atoms with Gasteiger partial charge in [0.25, 0.3) is 5.91 Å². The third kappa shape index (κ3) is 4.41. The fraction of sp³-hybridized carbons (Fsp3) is 0.654. The maximum absolute atomic E-state index is 13.1. The maximum atomic E-state index is 13.1. The molecule has 3 amide bonds. The van der Waals surface area contributed by atoms with Gasteiger partial charge in [0.1, 0.15) is 0 Å². The van der Waals surface area contributed by atoms with E-state index >= 15 is 0 Å². The van der Waals surface area contributed by atoms with Gasteiger partial charge >= 0.3 is 0 Å². The van der Waals surface area contributed by atoms with Crippen molar-refractivity contribution in [2.45, 2.75) is 64.3 Å². The summed E-state index contributed by atoms with van der Waals surface area (Å²) < 4.78 is 0. The highest BCUT2D eigenvalue weighted by Gasteiger charge is 2.54. The largest absolute Gasteiger partial charge is 0.352 e. The molecule has 4 saturated carbocycles. The van der Waals surface area contributed by atoms with Crippen molar-refractivity contribution in [2.75, 3.05) is 19.6 Å². The van der Waals surface area contributed by atoms with Gasteiger partial charge in [-0.25, -0.2) is 0 Å². The average Bonchev–Trinajstić information content (AvgIpc) is 3.32. The average molecular weight is 438 g/mol. The van der Waals surface area contributed by atoms with E-state index in [1.807, 2.05) is 17.0 Å². The van der Waals surface area contributed by atoms with Gasteiger partial charge in [-0.3, -0.25) is 14.4 Å². The summed E-state index contributed by atoms with van der Waals surface area (Å²) in [6, 6.07) is 7.40. The molecule has 32 heavy (non-hydrogen) atoms. The number of nitrogens with zero attached hydrogens (tertiary/aromatic N) is 1. The monoisotopic (exact) mass is 437 g/mol. The van der Waals surface area contributed by atoms with Crippen LogP contribution < -0.4 is 10.6 Å². The molecule has 6 heteroatoms. The SMILES string of the molecule is O=C(NCCC(=O)N1CCCC1)c1ccc(CNC(=O)C23CC4CC(CC(C4)C2)C3)cc1. The van der Waals surface area contributed by atoms with Crippen LogP contribution in [0.2, 0.25) is 0 Å². The van der Waals surface area contributed by atoms with Crippen LogP contribution in [-0.2, 0) is 16.1 Å². The van der Waals surface area contributed by atoms with Crippen LogP contribution in [0.1, 0.15) is 73.7 Å². The first kappa shape index (κ1) is 21.5. The molecule has 1 heterocycles. The molecule has 6 rings (SSSR count). The Morgan fingerprint density at radius 2 is 1.47 bits per heavy atom. The van der Waals surface area contributed by atoms with E-state index in [4.69, 9.17) is 0 Å². The first-order valence-corrected chi connectivity index (χ1v) is 12.4. The van der Waals surface area contributed by atoms with Crippen molar-refractivity contribution in [1.82, 2.24) is 15.5 Å². The molecule has 4 aliphatic carbocycles. The number of benzene rings is 1. The Balaban J connectivity index is 1.08. The predicted molar refractivity (Wildman–Crippen MR) is 122 cm³/mol. The van der Waals surface area contributed by atoms with Crippen LogP contribution in [0.3, 0.4) is 0 Å². The second kappa shape index (κ2) is 8.87. The lowest BCUT2D eigenvalue weighted by atomic mass is 9.49. The van der Waals surface area contributed by atoms with Crippen LogP contribution in [-0.4, -0.2) is 42.3 Å². The number of amides is 3. The van der Waals surface area contributed by atoms with Crippen molar-refractivity contribution < 1.29 is 14.4 Å². The Labute approximate surface area is 190 Å². The van der Waals surface area contributed by atoms with Gasteiger partial charge in [0.2, 0.25) is 11.8 Å². The van der Waals surface area contributed by atoms with E-state index in [1.54, 1.807) is 12.1 Å². The molecule has 0 spiro atoms. The number of hydrogen-bond donors (Lipinski definition) is 2. The van der Waals surface area contributed by atoms with Crippen molar-refractivity contribution in [3.8, 4) is 0 Å². The molecule has 6 nitrogen and oxygen atoms in total. The van der Waals surface area contributed by atoms with Crippen molar-refractivity contribution in [1.29, 1.82) is 0 Å². The van der Waals surface area contributed by atoms with Crippen molar-refractivity contribution >= 4 is 17.7 Å². The zero-order chi connectivity index (χ0) is 22.1. The lowest BCUT2D eigenvalue weighted by Gasteiger charge is -2.55. The second-order valence-corrected chi connectivity index (χ2v) is 10.7. The smallest absolute Gasteiger partial charge is 0.251 e. The molecule has 0 unspecified atom stereocenters. The summed E-state index contributed by atoms with van der Waals surface area (Å²) in [5.74, 6) is 2.47. The van der Waals surface area contributed by atoms with Gasteiger partial charge in [0.15, 0.2) is 0 Å². The van der Waals surface area contributed by atoms with E-state index < -0.39 is 0 Å². The standard InChI is InChI=1S/C26H35N3O3/c30-23(29-9-1-2-10-29)7-8-27-24(31)22-5-3-18(4-6-22)17-28-25(32)26-14-19-11-20(15-26)13-21(12-19)16-26/h3-6,19-21H,1-2,7-17H2,(H,27,31)(H,28,32). The minimum atomic E-state index is -0.164. The molecule has 1 aromatic rings. The van der Waals surface area contributed by atoms with Gasteiger partial charge in [0, 0.05) is 43.6 Å².